The van der Waals surface area contributed by atoms with Gasteiger partial charge in [0.15, 0.2) is 0 Å². The van der Waals surface area contributed by atoms with E-state index in [1.807, 2.05) is 4.90 Å². The zero-order chi connectivity index (χ0) is 18.7. The van der Waals surface area contributed by atoms with Crippen LogP contribution in [0.5, 0.6) is 5.75 Å². The van der Waals surface area contributed by atoms with Crippen molar-refractivity contribution in [3.63, 3.8) is 0 Å². The smallest absolute Gasteiger partial charge is 0.253 e. The first-order valence-electron chi connectivity index (χ1n) is 8.90. The molecule has 138 valence electrons. The highest BCUT2D eigenvalue weighted by Gasteiger charge is 2.25. The van der Waals surface area contributed by atoms with Crippen LogP contribution in [-0.2, 0) is 10.8 Å². The summed E-state index contributed by atoms with van der Waals surface area (Å²) in [6.07, 6.45) is 3.44. The Bertz CT molecular complexity index is 809. The zero-order valence-corrected chi connectivity index (χ0v) is 16.3. The van der Waals surface area contributed by atoms with Crippen LogP contribution in [0.1, 0.15) is 34.3 Å². The number of hydrogen-bond donors (Lipinski definition) is 0. The van der Waals surface area contributed by atoms with E-state index in [0.29, 0.717) is 18.7 Å². The van der Waals surface area contributed by atoms with Gasteiger partial charge in [0.25, 0.3) is 5.91 Å². The van der Waals surface area contributed by atoms with E-state index in [2.05, 4.69) is 32.0 Å². The molecule has 0 N–H and O–H groups in total. The molecule has 5 heteroatoms. The normalized spacial score (nSPS) is 16.3. The van der Waals surface area contributed by atoms with Gasteiger partial charge in [0.1, 0.15) is 11.9 Å². The maximum atomic E-state index is 12.7. The van der Waals surface area contributed by atoms with Crippen molar-refractivity contribution in [1.82, 2.24) is 4.90 Å². The van der Waals surface area contributed by atoms with Gasteiger partial charge in [-0.25, -0.2) is 0 Å². The van der Waals surface area contributed by atoms with E-state index in [0.717, 1.165) is 29.1 Å². The van der Waals surface area contributed by atoms with Crippen LogP contribution >= 0.6 is 0 Å². The molecule has 0 saturated carbocycles. The number of likely N-dealkylation sites (tertiary alicyclic amines) is 1. The number of amides is 1. The number of benzene rings is 2. The number of rotatable bonds is 4. The third-order valence-corrected chi connectivity index (χ3v) is 5.74. The molecule has 3 rings (SSSR count). The molecule has 1 aliphatic heterocycles. The van der Waals surface area contributed by atoms with Gasteiger partial charge in [-0.05, 0) is 55.3 Å². The predicted molar refractivity (Wildman–Crippen MR) is 104 cm³/mol. The summed E-state index contributed by atoms with van der Waals surface area (Å²) in [5.41, 5.74) is 2.98. The molecule has 1 aliphatic rings. The molecule has 1 atom stereocenters. The lowest BCUT2D eigenvalue weighted by atomic mass is 10.1. The maximum Gasteiger partial charge on any atom is 0.253 e. The highest BCUT2D eigenvalue weighted by Crippen LogP contribution is 2.24. The fourth-order valence-corrected chi connectivity index (χ4v) is 3.68. The first kappa shape index (κ1) is 18.6. The van der Waals surface area contributed by atoms with Gasteiger partial charge in [-0.1, -0.05) is 12.1 Å². The van der Waals surface area contributed by atoms with Gasteiger partial charge in [-0.3, -0.25) is 9.00 Å². The molecule has 0 aromatic heterocycles. The van der Waals surface area contributed by atoms with Crippen LogP contribution in [0.15, 0.2) is 47.4 Å². The molecule has 1 fully saturated rings. The highest BCUT2D eigenvalue weighted by atomic mass is 32.2. The molecule has 1 heterocycles. The van der Waals surface area contributed by atoms with Crippen molar-refractivity contribution in [2.75, 3.05) is 19.3 Å². The fraction of sp³-hybridized carbons (Fsp3) is 0.381. The van der Waals surface area contributed by atoms with Crippen LogP contribution in [0.25, 0.3) is 0 Å². The summed E-state index contributed by atoms with van der Waals surface area (Å²) in [5, 5.41) is 0. The van der Waals surface area contributed by atoms with Gasteiger partial charge in [-0.2, -0.15) is 0 Å². The highest BCUT2D eigenvalue weighted by molar-refractivity contribution is 7.84. The average Bonchev–Trinajstić information content (AvgIpc) is 2.65. The van der Waals surface area contributed by atoms with Crippen molar-refractivity contribution >= 4 is 16.7 Å². The largest absolute Gasteiger partial charge is 0.490 e. The molecule has 0 spiro atoms. The number of piperidine rings is 1. The molecular weight excluding hydrogens is 346 g/mol. The van der Waals surface area contributed by atoms with Crippen molar-refractivity contribution in [3.8, 4) is 5.75 Å². The fourth-order valence-electron chi connectivity index (χ4n) is 3.16. The topological polar surface area (TPSA) is 46.6 Å². The summed E-state index contributed by atoms with van der Waals surface area (Å²) in [4.78, 5) is 15.3. The maximum absolute atomic E-state index is 12.7. The minimum atomic E-state index is -1.02. The van der Waals surface area contributed by atoms with Crippen LogP contribution in [-0.4, -0.2) is 40.5 Å². The molecule has 2 aromatic rings. The predicted octanol–water partition coefficient (Wildman–Crippen LogP) is 3.72. The van der Waals surface area contributed by atoms with Gasteiger partial charge < -0.3 is 9.64 Å². The second-order valence-electron chi connectivity index (χ2n) is 6.86. The van der Waals surface area contributed by atoms with Gasteiger partial charge in [-0.15, -0.1) is 0 Å². The molecule has 1 amide bonds. The molecule has 0 radical (unpaired) electrons. The number of hydrogen-bond acceptors (Lipinski definition) is 3. The Hall–Kier alpha value is -2.14. The molecule has 4 nitrogen and oxygen atoms in total. The third-order valence-electron chi connectivity index (χ3n) is 4.80. The van der Waals surface area contributed by atoms with E-state index in [4.69, 9.17) is 4.74 Å². The van der Waals surface area contributed by atoms with Gasteiger partial charge >= 0.3 is 0 Å². The lowest BCUT2D eigenvalue weighted by Crippen LogP contribution is -2.41. The van der Waals surface area contributed by atoms with Gasteiger partial charge in [0.2, 0.25) is 0 Å². The minimum Gasteiger partial charge on any atom is -0.490 e. The second-order valence-corrected chi connectivity index (χ2v) is 8.24. The van der Waals surface area contributed by atoms with Crippen molar-refractivity contribution in [3.05, 3.63) is 59.2 Å². The summed E-state index contributed by atoms with van der Waals surface area (Å²) >= 11 is 0. The number of nitrogens with zero attached hydrogens (tertiary/aromatic N) is 1. The number of ether oxygens (including phenoxy) is 1. The molecule has 0 aliphatic carbocycles. The Morgan fingerprint density at radius 3 is 2.35 bits per heavy atom. The number of carbonyl (C=O) groups excluding carboxylic acids is 1. The molecule has 0 bridgehead atoms. The Kier molecular flexibility index (Phi) is 5.77. The van der Waals surface area contributed by atoms with Crippen LogP contribution < -0.4 is 4.74 Å². The second kappa shape index (κ2) is 8.04. The van der Waals surface area contributed by atoms with Crippen molar-refractivity contribution in [1.29, 1.82) is 0 Å². The first-order valence-corrected chi connectivity index (χ1v) is 10.5. The van der Waals surface area contributed by atoms with Crippen LogP contribution in [0, 0.1) is 13.8 Å². The Labute approximate surface area is 157 Å². The van der Waals surface area contributed by atoms with Crippen molar-refractivity contribution in [2.24, 2.45) is 0 Å². The Balaban J connectivity index is 1.58. The molecule has 26 heavy (non-hydrogen) atoms. The van der Waals surface area contributed by atoms with E-state index in [1.165, 1.54) is 5.56 Å². The SMILES string of the molecule is Cc1ccc(C)c(OC2CCN(C(=O)c3ccc(S(C)=O)cc3)CC2)c1. The number of aryl methyl sites for hydroxylation is 2. The van der Waals surface area contributed by atoms with Crippen LogP contribution in [0.4, 0.5) is 0 Å². The van der Waals surface area contributed by atoms with E-state index in [9.17, 15) is 9.00 Å². The standard InChI is InChI=1S/C21H25NO3S/c1-15-4-5-16(2)20(14-15)25-18-10-12-22(13-11-18)21(23)17-6-8-19(9-7-17)26(3)24/h4-9,14,18H,10-13H2,1-3H3. The van der Waals surface area contributed by atoms with Gasteiger partial charge in [0, 0.05) is 53.4 Å². The summed E-state index contributed by atoms with van der Waals surface area (Å²) in [6.45, 7) is 5.50. The summed E-state index contributed by atoms with van der Waals surface area (Å²) in [7, 11) is -1.02. The average molecular weight is 372 g/mol. The lowest BCUT2D eigenvalue weighted by molar-refractivity contribution is 0.0594. The van der Waals surface area contributed by atoms with E-state index < -0.39 is 10.8 Å². The van der Waals surface area contributed by atoms with Crippen molar-refractivity contribution in [2.45, 2.75) is 37.7 Å². The van der Waals surface area contributed by atoms with Crippen LogP contribution in [0.2, 0.25) is 0 Å². The van der Waals surface area contributed by atoms with Gasteiger partial charge in [0.05, 0.1) is 0 Å². The van der Waals surface area contributed by atoms with E-state index >= 15 is 0 Å². The third kappa shape index (κ3) is 4.33. The lowest BCUT2D eigenvalue weighted by Gasteiger charge is -2.32. The van der Waals surface area contributed by atoms with Crippen LogP contribution in [0.3, 0.4) is 0 Å². The summed E-state index contributed by atoms with van der Waals surface area (Å²) in [6, 6.07) is 13.3. The number of carbonyl (C=O) groups is 1. The Morgan fingerprint density at radius 2 is 1.73 bits per heavy atom. The monoisotopic (exact) mass is 371 g/mol. The summed E-state index contributed by atoms with van der Waals surface area (Å²) in [5.74, 6) is 0.974. The summed E-state index contributed by atoms with van der Waals surface area (Å²) < 4.78 is 17.6. The molecular formula is C21H25NO3S. The first-order chi connectivity index (χ1) is 12.4. The minimum absolute atomic E-state index is 0.0311. The molecule has 2 aromatic carbocycles. The zero-order valence-electron chi connectivity index (χ0n) is 15.5. The molecule has 1 saturated heterocycles. The molecule has 1 unspecified atom stereocenters. The van der Waals surface area contributed by atoms with E-state index in [-0.39, 0.29) is 12.0 Å². The quantitative estimate of drug-likeness (QED) is 0.823. The Morgan fingerprint density at radius 1 is 1.08 bits per heavy atom. The van der Waals surface area contributed by atoms with E-state index in [1.54, 1.807) is 30.5 Å². The van der Waals surface area contributed by atoms with Crippen molar-refractivity contribution < 1.29 is 13.7 Å².